The van der Waals surface area contributed by atoms with Gasteiger partial charge in [0.2, 0.25) is 0 Å². The van der Waals surface area contributed by atoms with Gasteiger partial charge in [0, 0.05) is 17.8 Å². The number of ketones is 1. The first-order valence-electron chi connectivity index (χ1n) is 8.41. The maximum Gasteiger partial charge on any atom is 0.137 e. The lowest BCUT2D eigenvalue weighted by Gasteiger charge is -2.40. The number of fused-ring (bicyclic) bond motifs is 1. The number of hydrogen-bond donors (Lipinski definition) is 1. The van der Waals surface area contributed by atoms with Crippen molar-refractivity contribution < 1.29 is 9.90 Å². The molecule has 21 heavy (non-hydrogen) atoms. The van der Waals surface area contributed by atoms with Gasteiger partial charge in [-0.05, 0) is 57.8 Å². The lowest BCUT2D eigenvalue weighted by Crippen LogP contribution is -2.37. The Balaban J connectivity index is 1.79. The Labute approximate surface area is 128 Å². The summed E-state index contributed by atoms with van der Waals surface area (Å²) in [5.41, 5.74) is 1.20. The molecule has 0 bridgehead atoms. The normalized spacial score (nSPS) is 35.0. The van der Waals surface area contributed by atoms with Crippen molar-refractivity contribution in [3.8, 4) is 0 Å². The van der Waals surface area contributed by atoms with E-state index < -0.39 is 5.60 Å². The van der Waals surface area contributed by atoms with Crippen LogP contribution in [0, 0.1) is 16.7 Å². The average Bonchev–Trinajstić information content (AvgIpc) is 3.03. The van der Waals surface area contributed by atoms with Crippen LogP contribution in [-0.4, -0.2) is 16.5 Å². The van der Waals surface area contributed by atoms with Crippen LogP contribution in [0.2, 0.25) is 0 Å². The summed E-state index contributed by atoms with van der Waals surface area (Å²) in [7, 11) is 0. The van der Waals surface area contributed by atoms with Crippen LogP contribution in [0.5, 0.6) is 0 Å². The van der Waals surface area contributed by atoms with Crippen LogP contribution >= 0.6 is 0 Å². The molecule has 0 aromatic rings. The van der Waals surface area contributed by atoms with Gasteiger partial charge in [-0.25, -0.2) is 0 Å². The van der Waals surface area contributed by atoms with Crippen LogP contribution in [-0.2, 0) is 4.79 Å². The van der Waals surface area contributed by atoms with Gasteiger partial charge in [-0.3, -0.25) is 4.79 Å². The molecule has 2 nitrogen and oxygen atoms in total. The van der Waals surface area contributed by atoms with Gasteiger partial charge < -0.3 is 5.11 Å². The summed E-state index contributed by atoms with van der Waals surface area (Å²) in [5.74, 6) is 0.715. The van der Waals surface area contributed by atoms with E-state index in [0.717, 1.165) is 25.7 Å². The minimum Gasteiger partial charge on any atom is -0.390 e. The predicted molar refractivity (Wildman–Crippen MR) is 84.9 cm³/mol. The van der Waals surface area contributed by atoms with Crippen molar-refractivity contribution in [1.29, 1.82) is 0 Å². The Morgan fingerprint density at radius 1 is 1.38 bits per heavy atom. The Morgan fingerprint density at radius 3 is 2.71 bits per heavy atom. The molecule has 2 heteroatoms. The molecule has 2 unspecified atom stereocenters. The zero-order valence-electron chi connectivity index (χ0n) is 13.6. The van der Waals surface area contributed by atoms with E-state index in [0.29, 0.717) is 12.2 Å². The van der Waals surface area contributed by atoms with Gasteiger partial charge in [-0.15, -0.1) is 0 Å². The standard InChI is InChI=1S/C19H28O2/c1-17(2,21)9-5-11-19(12-13-19)16-8-7-14-15(20)6-4-10-18(14,16)3/h5,8,11,14,21H,4,6-7,9-10,12-13H2,1-3H3. The lowest BCUT2D eigenvalue weighted by atomic mass is 9.63. The van der Waals surface area contributed by atoms with Gasteiger partial charge in [-0.2, -0.15) is 0 Å². The molecule has 0 aromatic carbocycles. The number of hydrogen-bond acceptors (Lipinski definition) is 2. The van der Waals surface area contributed by atoms with Gasteiger partial charge in [0.05, 0.1) is 5.60 Å². The van der Waals surface area contributed by atoms with Crippen molar-refractivity contribution in [2.24, 2.45) is 16.7 Å². The van der Waals surface area contributed by atoms with Gasteiger partial charge >= 0.3 is 0 Å². The van der Waals surface area contributed by atoms with E-state index in [4.69, 9.17) is 0 Å². The molecule has 3 aliphatic rings. The summed E-state index contributed by atoms with van der Waals surface area (Å²) in [4.78, 5) is 12.2. The molecule has 0 amide bonds. The number of allylic oxidation sites excluding steroid dienone is 3. The monoisotopic (exact) mass is 288 g/mol. The van der Waals surface area contributed by atoms with Crippen molar-refractivity contribution in [2.75, 3.05) is 0 Å². The van der Waals surface area contributed by atoms with Crippen LogP contribution in [0.3, 0.4) is 0 Å². The third-order valence-electron chi connectivity index (χ3n) is 5.83. The molecule has 3 rings (SSSR count). The molecule has 0 aliphatic heterocycles. The van der Waals surface area contributed by atoms with Crippen molar-refractivity contribution in [1.82, 2.24) is 0 Å². The molecule has 2 atom stereocenters. The van der Waals surface area contributed by atoms with Crippen LogP contribution < -0.4 is 0 Å². The number of carbonyl (C=O) groups excluding carboxylic acids is 1. The smallest absolute Gasteiger partial charge is 0.137 e. The zero-order valence-corrected chi connectivity index (χ0v) is 13.6. The molecule has 2 saturated carbocycles. The summed E-state index contributed by atoms with van der Waals surface area (Å²) in [5, 5.41) is 9.86. The lowest BCUT2D eigenvalue weighted by molar-refractivity contribution is -0.128. The SMILES string of the molecule is CC(C)(O)CC=CC1(C2=CCC3C(=O)CCCC23C)CC1. The topological polar surface area (TPSA) is 37.3 Å². The first kappa shape index (κ1) is 15.0. The third-order valence-corrected chi connectivity index (χ3v) is 5.83. The van der Waals surface area contributed by atoms with Crippen molar-refractivity contribution >= 4 is 5.78 Å². The maximum atomic E-state index is 12.2. The molecule has 0 heterocycles. The highest BCUT2D eigenvalue weighted by Gasteiger charge is 2.56. The fraction of sp³-hybridized carbons (Fsp3) is 0.737. The minimum atomic E-state index is -0.635. The van der Waals surface area contributed by atoms with E-state index in [2.05, 4.69) is 25.2 Å². The predicted octanol–water partition coefficient (Wildman–Crippen LogP) is 4.19. The molecular formula is C19H28O2. The number of carbonyl (C=O) groups is 1. The Bertz CT molecular complexity index is 502. The third kappa shape index (κ3) is 2.63. The van der Waals surface area contributed by atoms with Crippen molar-refractivity contribution in [3.05, 3.63) is 23.8 Å². The maximum absolute atomic E-state index is 12.2. The van der Waals surface area contributed by atoms with Gasteiger partial charge in [0.1, 0.15) is 5.78 Å². The molecule has 0 saturated heterocycles. The van der Waals surface area contributed by atoms with E-state index in [1.54, 1.807) is 0 Å². The summed E-state index contributed by atoms with van der Waals surface area (Å²) in [6.45, 7) is 6.02. The van der Waals surface area contributed by atoms with Crippen LogP contribution in [0.15, 0.2) is 23.8 Å². The summed E-state index contributed by atoms with van der Waals surface area (Å²) < 4.78 is 0. The van der Waals surface area contributed by atoms with E-state index in [1.165, 1.54) is 18.4 Å². The highest BCUT2D eigenvalue weighted by Crippen LogP contribution is 2.65. The minimum absolute atomic E-state index is 0.102. The number of rotatable bonds is 4. The fourth-order valence-electron chi connectivity index (χ4n) is 4.52. The first-order valence-corrected chi connectivity index (χ1v) is 8.41. The van der Waals surface area contributed by atoms with E-state index in [-0.39, 0.29) is 16.7 Å². The van der Waals surface area contributed by atoms with Crippen molar-refractivity contribution in [3.63, 3.8) is 0 Å². The second kappa shape index (κ2) is 4.81. The average molecular weight is 288 g/mol. The van der Waals surface area contributed by atoms with E-state index in [9.17, 15) is 9.90 Å². The first-order chi connectivity index (χ1) is 9.77. The molecule has 2 fully saturated rings. The van der Waals surface area contributed by atoms with Crippen LogP contribution in [0.25, 0.3) is 0 Å². The molecule has 0 aromatic heterocycles. The molecular weight excluding hydrogens is 260 g/mol. The molecule has 0 radical (unpaired) electrons. The summed E-state index contributed by atoms with van der Waals surface area (Å²) >= 11 is 0. The second-order valence-electron chi connectivity index (χ2n) is 8.22. The van der Waals surface area contributed by atoms with E-state index >= 15 is 0 Å². The quantitative estimate of drug-likeness (QED) is 0.788. The van der Waals surface area contributed by atoms with Gasteiger partial charge in [0.25, 0.3) is 0 Å². The zero-order chi connectivity index (χ0) is 15.3. The Kier molecular flexibility index (Phi) is 3.44. The summed E-state index contributed by atoms with van der Waals surface area (Å²) in [6.07, 6.45) is 13.9. The fourth-order valence-corrected chi connectivity index (χ4v) is 4.52. The molecule has 0 spiro atoms. The second-order valence-corrected chi connectivity index (χ2v) is 8.22. The molecule has 1 N–H and O–H groups in total. The molecule has 116 valence electrons. The molecule has 3 aliphatic carbocycles. The largest absolute Gasteiger partial charge is 0.390 e. The highest BCUT2D eigenvalue weighted by atomic mass is 16.3. The van der Waals surface area contributed by atoms with Crippen LogP contribution in [0.1, 0.15) is 65.7 Å². The Morgan fingerprint density at radius 2 is 2.10 bits per heavy atom. The van der Waals surface area contributed by atoms with Gasteiger partial charge in [-0.1, -0.05) is 30.7 Å². The van der Waals surface area contributed by atoms with E-state index in [1.807, 2.05) is 13.8 Å². The highest BCUT2D eigenvalue weighted by molar-refractivity contribution is 5.84. The number of Topliss-reactive ketones (excluding diaryl/α,β-unsaturated/α-hetero) is 1. The van der Waals surface area contributed by atoms with Gasteiger partial charge in [0.15, 0.2) is 0 Å². The Hall–Kier alpha value is -0.890. The van der Waals surface area contributed by atoms with Crippen molar-refractivity contribution in [2.45, 2.75) is 71.3 Å². The summed E-state index contributed by atoms with van der Waals surface area (Å²) in [6, 6.07) is 0. The van der Waals surface area contributed by atoms with Crippen LogP contribution in [0.4, 0.5) is 0 Å². The number of aliphatic hydroxyl groups is 1.